The van der Waals surface area contributed by atoms with E-state index in [1.807, 2.05) is 0 Å². The van der Waals surface area contributed by atoms with E-state index in [2.05, 4.69) is 20.8 Å². The molecular formula is C14H20O3. The fourth-order valence-corrected chi connectivity index (χ4v) is 4.31. The highest BCUT2D eigenvalue weighted by molar-refractivity contribution is 6.03. The Bertz CT molecular complexity index is 448. The van der Waals surface area contributed by atoms with Crippen LogP contribution in [0.25, 0.3) is 0 Å². The number of hydrogen-bond donors (Lipinski definition) is 2. The van der Waals surface area contributed by atoms with Gasteiger partial charge in [-0.15, -0.1) is 0 Å². The van der Waals surface area contributed by atoms with E-state index in [1.165, 1.54) is 0 Å². The number of aliphatic hydroxyl groups excluding tert-OH is 2. The van der Waals surface area contributed by atoms with E-state index in [0.717, 1.165) is 24.8 Å². The Balaban J connectivity index is 2.12. The van der Waals surface area contributed by atoms with Gasteiger partial charge >= 0.3 is 0 Å². The summed E-state index contributed by atoms with van der Waals surface area (Å²) in [6.45, 7) is 6.33. The third-order valence-corrected chi connectivity index (χ3v) is 5.48. The summed E-state index contributed by atoms with van der Waals surface area (Å²) in [6, 6.07) is 0. The molecule has 0 heterocycles. The van der Waals surface area contributed by atoms with Gasteiger partial charge < -0.3 is 10.2 Å². The molecule has 2 saturated carbocycles. The van der Waals surface area contributed by atoms with Crippen molar-refractivity contribution in [2.45, 2.75) is 40.0 Å². The van der Waals surface area contributed by atoms with Crippen LogP contribution in [0.5, 0.6) is 0 Å². The van der Waals surface area contributed by atoms with Crippen molar-refractivity contribution >= 4 is 5.78 Å². The average molecular weight is 236 g/mol. The standard InChI is InChI=1S/C14H20O3/c1-12(2)4-8-9(5-12)13(3)6-14(13,7-15)11(17)10(8)16/h9,15-16H,4-7H2,1-3H3/t9-,13+,14+/m0/s1. The highest BCUT2D eigenvalue weighted by atomic mass is 16.3. The van der Waals surface area contributed by atoms with Gasteiger partial charge in [-0.1, -0.05) is 20.8 Å². The maximum absolute atomic E-state index is 12.2. The molecule has 3 aliphatic carbocycles. The van der Waals surface area contributed by atoms with Crippen LogP contribution in [0.4, 0.5) is 0 Å². The minimum atomic E-state index is -0.675. The van der Waals surface area contributed by atoms with Crippen LogP contribution in [0, 0.1) is 22.2 Å². The van der Waals surface area contributed by atoms with Crippen LogP contribution < -0.4 is 0 Å². The second-order valence-corrected chi connectivity index (χ2v) is 7.14. The molecular weight excluding hydrogens is 216 g/mol. The predicted octanol–water partition coefficient (Wildman–Crippen LogP) is 2.21. The second kappa shape index (κ2) is 2.77. The lowest BCUT2D eigenvalue weighted by Gasteiger charge is -2.31. The average Bonchev–Trinajstić information content (AvgIpc) is 2.75. The monoisotopic (exact) mass is 236 g/mol. The Labute approximate surface area is 102 Å². The normalized spacial score (nSPS) is 46.8. The highest BCUT2D eigenvalue weighted by Crippen LogP contribution is 2.75. The van der Waals surface area contributed by atoms with Crippen molar-refractivity contribution < 1.29 is 15.0 Å². The molecule has 0 aromatic rings. The summed E-state index contributed by atoms with van der Waals surface area (Å²) < 4.78 is 0. The third kappa shape index (κ3) is 1.09. The lowest BCUT2D eigenvalue weighted by molar-refractivity contribution is -0.127. The maximum Gasteiger partial charge on any atom is 0.206 e. The zero-order valence-electron chi connectivity index (χ0n) is 10.7. The molecule has 0 amide bonds. The fraction of sp³-hybridized carbons (Fsp3) is 0.786. The summed E-state index contributed by atoms with van der Waals surface area (Å²) in [5, 5.41) is 19.6. The molecule has 0 aromatic heterocycles. The quantitative estimate of drug-likeness (QED) is 0.734. The number of rotatable bonds is 1. The Morgan fingerprint density at radius 3 is 2.59 bits per heavy atom. The smallest absolute Gasteiger partial charge is 0.206 e. The molecule has 3 nitrogen and oxygen atoms in total. The zero-order valence-corrected chi connectivity index (χ0v) is 10.7. The van der Waals surface area contributed by atoms with E-state index in [-0.39, 0.29) is 34.9 Å². The number of ketones is 1. The number of hydrogen-bond acceptors (Lipinski definition) is 3. The molecule has 0 bridgehead atoms. The number of aliphatic hydroxyl groups is 2. The van der Waals surface area contributed by atoms with E-state index >= 15 is 0 Å². The number of carbonyl (C=O) groups excluding carboxylic acids is 1. The molecule has 0 aliphatic heterocycles. The third-order valence-electron chi connectivity index (χ3n) is 5.48. The van der Waals surface area contributed by atoms with Crippen molar-refractivity contribution in [2.75, 3.05) is 6.61 Å². The van der Waals surface area contributed by atoms with Gasteiger partial charge in [0, 0.05) is 0 Å². The summed E-state index contributed by atoms with van der Waals surface area (Å²) in [5.41, 5.74) is 0.315. The summed E-state index contributed by atoms with van der Waals surface area (Å²) in [7, 11) is 0. The van der Waals surface area contributed by atoms with E-state index in [1.54, 1.807) is 0 Å². The molecule has 0 aromatic carbocycles. The minimum Gasteiger partial charge on any atom is -0.504 e. The van der Waals surface area contributed by atoms with Crippen LogP contribution in [-0.4, -0.2) is 22.6 Å². The van der Waals surface area contributed by atoms with Crippen molar-refractivity contribution in [3.63, 3.8) is 0 Å². The predicted molar refractivity (Wildman–Crippen MR) is 63.4 cm³/mol. The van der Waals surface area contributed by atoms with Crippen LogP contribution in [0.2, 0.25) is 0 Å². The number of Topliss-reactive ketones (excluding diaryl/α,β-unsaturated/α-hetero) is 1. The highest BCUT2D eigenvalue weighted by Gasteiger charge is 2.75. The van der Waals surface area contributed by atoms with Gasteiger partial charge in [0.1, 0.15) is 0 Å². The Morgan fingerprint density at radius 2 is 2.00 bits per heavy atom. The first-order valence-corrected chi connectivity index (χ1v) is 6.35. The summed E-state index contributed by atoms with van der Waals surface area (Å²) in [4.78, 5) is 12.2. The van der Waals surface area contributed by atoms with Gasteiger partial charge in [0.25, 0.3) is 0 Å². The molecule has 3 aliphatic rings. The maximum atomic E-state index is 12.2. The second-order valence-electron chi connectivity index (χ2n) is 7.14. The Kier molecular flexibility index (Phi) is 1.84. The Hall–Kier alpha value is -0.830. The van der Waals surface area contributed by atoms with Gasteiger partial charge in [-0.2, -0.15) is 0 Å². The molecule has 2 fully saturated rings. The van der Waals surface area contributed by atoms with E-state index in [0.29, 0.717) is 0 Å². The first-order chi connectivity index (χ1) is 7.77. The number of fused-ring (bicyclic) bond motifs is 3. The van der Waals surface area contributed by atoms with E-state index < -0.39 is 5.41 Å². The molecule has 0 unspecified atom stereocenters. The van der Waals surface area contributed by atoms with E-state index in [9.17, 15) is 15.0 Å². The van der Waals surface area contributed by atoms with Crippen molar-refractivity contribution in [3.8, 4) is 0 Å². The van der Waals surface area contributed by atoms with Crippen molar-refractivity contribution in [1.29, 1.82) is 0 Å². The van der Waals surface area contributed by atoms with Gasteiger partial charge in [-0.25, -0.2) is 0 Å². The zero-order chi connectivity index (χ0) is 12.6. The van der Waals surface area contributed by atoms with Crippen LogP contribution in [0.1, 0.15) is 40.0 Å². The molecule has 17 heavy (non-hydrogen) atoms. The molecule has 94 valence electrons. The SMILES string of the molecule is CC1(C)CC2=C(O)C(=O)[C@]3(CO)C[C@]3(C)[C@H]2C1. The molecule has 0 saturated heterocycles. The van der Waals surface area contributed by atoms with Gasteiger partial charge in [0.05, 0.1) is 12.0 Å². The van der Waals surface area contributed by atoms with Crippen molar-refractivity contribution in [2.24, 2.45) is 22.2 Å². The first kappa shape index (κ1) is 11.3. The molecule has 3 heteroatoms. The lowest BCUT2D eigenvalue weighted by Crippen LogP contribution is -2.36. The summed E-state index contributed by atoms with van der Waals surface area (Å²) in [6.07, 6.45) is 2.55. The fourth-order valence-electron chi connectivity index (χ4n) is 4.31. The van der Waals surface area contributed by atoms with Gasteiger partial charge in [-0.3, -0.25) is 4.79 Å². The van der Waals surface area contributed by atoms with Crippen LogP contribution in [0.3, 0.4) is 0 Å². The molecule has 0 spiro atoms. The molecule has 3 rings (SSSR count). The lowest BCUT2D eigenvalue weighted by atomic mass is 9.72. The van der Waals surface area contributed by atoms with Gasteiger partial charge in [-0.05, 0) is 41.6 Å². The molecule has 2 N–H and O–H groups in total. The van der Waals surface area contributed by atoms with Crippen molar-refractivity contribution in [1.82, 2.24) is 0 Å². The Morgan fingerprint density at radius 1 is 1.35 bits per heavy atom. The van der Waals surface area contributed by atoms with E-state index in [4.69, 9.17) is 0 Å². The molecule has 3 atom stereocenters. The first-order valence-electron chi connectivity index (χ1n) is 6.35. The topological polar surface area (TPSA) is 57.5 Å². The molecule has 0 radical (unpaired) electrons. The largest absolute Gasteiger partial charge is 0.504 e. The minimum absolute atomic E-state index is 0.0374. The van der Waals surface area contributed by atoms with Crippen LogP contribution in [0.15, 0.2) is 11.3 Å². The van der Waals surface area contributed by atoms with Crippen LogP contribution >= 0.6 is 0 Å². The number of carbonyl (C=O) groups is 1. The van der Waals surface area contributed by atoms with Gasteiger partial charge in [0.2, 0.25) is 5.78 Å². The van der Waals surface area contributed by atoms with Crippen molar-refractivity contribution in [3.05, 3.63) is 11.3 Å². The van der Waals surface area contributed by atoms with Crippen LogP contribution in [-0.2, 0) is 4.79 Å². The summed E-state index contributed by atoms with van der Waals surface area (Å²) in [5.74, 6) is 0.0263. The number of allylic oxidation sites excluding steroid dienone is 2. The summed E-state index contributed by atoms with van der Waals surface area (Å²) >= 11 is 0. The van der Waals surface area contributed by atoms with Gasteiger partial charge in [0.15, 0.2) is 5.76 Å².